The van der Waals surface area contributed by atoms with E-state index < -0.39 is 5.41 Å². The molecule has 1 unspecified atom stereocenters. The number of ether oxygens (including phenoxy) is 1. The van der Waals surface area contributed by atoms with Crippen LogP contribution in [-0.2, 0) is 16.6 Å². The second-order valence-electron chi connectivity index (χ2n) is 8.60. The van der Waals surface area contributed by atoms with E-state index in [2.05, 4.69) is 32.7 Å². The monoisotopic (exact) mass is 454 g/mol. The summed E-state index contributed by atoms with van der Waals surface area (Å²) in [5.74, 6) is 0.391. The minimum absolute atomic E-state index is 0.0288. The van der Waals surface area contributed by atoms with Gasteiger partial charge in [-0.05, 0) is 54.3 Å². The van der Waals surface area contributed by atoms with E-state index in [4.69, 9.17) is 4.74 Å². The normalized spacial score (nSPS) is 16.3. The van der Waals surface area contributed by atoms with Gasteiger partial charge in [-0.15, -0.1) is 0 Å². The molecule has 2 aromatic carbocycles. The number of aliphatic hydroxyl groups is 1. The summed E-state index contributed by atoms with van der Waals surface area (Å²) in [5, 5.41) is 35.5. The highest BCUT2D eigenvalue weighted by Gasteiger charge is 2.35. The van der Waals surface area contributed by atoms with E-state index in [1.807, 2.05) is 19.1 Å². The van der Waals surface area contributed by atoms with Crippen molar-refractivity contribution in [2.75, 3.05) is 37.5 Å². The molecular weight excluding hydrogens is 428 g/mol. The average Bonchev–Trinajstić information content (AvgIpc) is 3.21. The molecule has 0 aliphatic carbocycles. The summed E-state index contributed by atoms with van der Waals surface area (Å²) in [4.78, 5) is 9.05. The minimum Gasteiger partial charge on any atom is -0.395 e. The van der Waals surface area contributed by atoms with Gasteiger partial charge in [0.1, 0.15) is 6.07 Å². The van der Waals surface area contributed by atoms with E-state index in [1.54, 1.807) is 37.6 Å². The number of benzene rings is 2. The van der Waals surface area contributed by atoms with Crippen LogP contribution in [-0.4, -0.2) is 41.9 Å². The number of nitrogens with one attached hydrogen (secondary N) is 2. The molecule has 1 aliphatic rings. The first-order chi connectivity index (χ1) is 16.5. The van der Waals surface area contributed by atoms with Gasteiger partial charge in [-0.25, -0.2) is 9.97 Å². The van der Waals surface area contributed by atoms with Crippen LogP contribution < -0.4 is 10.6 Å². The molecule has 0 radical (unpaired) electrons. The summed E-state index contributed by atoms with van der Waals surface area (Å²) in [6.45, 7) is 3.15. The van der Waals surface area contributed by atoms with E-state index in [0.29, 0.717) is 35.9 Å². The van der Waals surface area contributed by atoms with Gasteiger partial charge >= 0.3 is 0 Å². The molecule has 172 valence electrons. The fourth-order valence-corrected chi connectivity index (χ4v) is 4.15. The number of fused-ring (bicyclic) bond motifs is 1. The lowest BCUT2D eigenvalue weighted by molar-refractivity contribution is 0.195. The number of rotatable bonds is 8. The third-order valence-corrected chi connectivity index (χ3v) is 6.14. The van der Waals surface area contributed by atoms with Crippen molar-refractivity contribution < 1.29 is 9.84 Å². The Balaban J connectivity index is 1.69. The van der Waals surface area contributed by atoms with Gasteiger partial charge in [0.2, 0.25) is 5.95 Å². The lowest BCUT2D eigenvalue weighted by Gasteiger charge is -2.21. The quantitative estimate of drug-likeness (QED) is 0.438. The van der Waals surface area contributed by atoms with Crippen molar-refractivity contribution >= 4 is 17.3 Å². The lowest BCUT2D eigenvalue weighted by Crippen LogP contribution is -2.28. The first-order valence-corrected chi connectivity index (χ1v) is 11.1. The maximum Gasteiger partial charge on any atom is 0.227 e. The molecule has 1 atom stereocenters. The van der Waals surface area contributed by atoms with E-state index in [9.17, 15) is 15.6 Å². The van der Waals surface area contributed by atoms with Crippen LogP contribution >= 0.6 is 0 Å². The smallest absolute Gasteiger partial charge is 0.227 e. The number of methoxy groups -OCH3 is 1. The summed E-state index contributed by atoms with van der Waals surface area (Å²) < 4.78 is 5.16. The van der Waals surface area contributed by atoms with Crippen LogP contribution in [0, 0.1) is 22.7 Å². The van der Waals surface area contributed by atoms with Gasteiger partial charge in [0.25, 0.3) is 0 Å². The third-order valence-electron chi connectivity index (χ3n) is 6.14. The van der Waals surface area contributed by atoms with Crippen LogP contribution in [0.15, 0.2) is 42.6 Å². The second-order valence-corrected chi connectivity index (χ2v) is 8.60. The molecule has 3 aromatic rings. The summed E-state index contributed by atoms with van der Waals surface area (Å²) in [6, 6.07) is 15.5. The van der Waals surface area contributed by atoms with E-state index in [1.165, 1.54) is 0 Å². The van der Waals surface area contributed by atoms with Crippen LogP contribution in [0.2, 0.25) is 0 Å². The van der Waals surface area contributed by atoms with Crippen LogP contribution in [0.1, 0.15) is 35.6 Å². The number of nitrogens with zero attached hydrogens (tertiary/aromatic N) is 4. The minimum atomic E-state index is -0.472. The molecule has 0 saturated heterocycles. The Labute approximate surface area is 198 Å². The number of nitriles is 2. The van der Waals surface area contributed by atoms with Crippen molar-refractivity contribution in [3.8, 4) is 23.4 Å². The molecule has 8 heteroatoms. The predicted molar refractivity (Wildman–Crippen MR) is 130 cm³/mol. The first kappa shape index (κ1) is 23.2. The van der Waals surface area contributed by atoms with Crippen LogP contribution in [0.3, 0.4) is 0 Å². The molecule has 0 saturated carbocycles. The van der Waals surface area contributed by atoms with Crippen molar-refractivity contribution in [1.29, 1.82) is 10.5 Å². The standard InChI is InChI=1S/C26H26N6O2/c1-26(16-33)15-30-24-20(14-28)11-19(12-21(24)26)22-7-8-29-25(31-22)32-23-10-17(13-27)5-6-18(23)4-3-9-34-2/h5-8,10-12,30,33H,3-4,9,15-16H2,1-2H3,(H,29,31,32). The highest BCUT2D eigenvalue weighted by Crippen LogP contribution is 2.41. The van der Waals surface area contributed by atoms with Gasteiger partial charge in [0, 0.05) is 43.1 Å². The molecule has 2 heterocycles. The van der Waals surface area contributed by atoms with Crippen molar-refractivity contribution in [1.82, 2.24) is 9.97 Å². The Hall–Kier alpha value is -3.98. The summed E-state index contributed by atoms with van der Waals surface area (Å²) in [6.07, 6.45) is 3.29. The Morgan fingerprint density at radius 3 is 2.79 bits per heavy atom. The Morgan fingerprint density at radius 1 is 1.21 bits per heavy atom. The molecule has 0 spiro atoms. The molecular formula is C26H26N6O2. The topological polar surface area (TPSA) is 127 Å². The van der Waals surface area contributed by atoms with Gasteiger partial charge in [-0.1, -0.05) is 13.0 Å². The molecule has 0 fully saturated rings. The van der Waals surface area contributed by atoms with Crippen LogP contribution in [0.5, 0.6) is 0 Å². The molecule has 0 bridgehead atoms. The summed E-state index contributed by atoms with van der Waals surface area (Å²) in [5.41, 5.74) is 5.50. The van der Waals surface area contributed by atoms with Gasteiger partial charge in [-0.3, -0.25) is 0 Å². The van der Waals surface area contributed by atoms with Crippen LogP contribution in [0.4, 0.5) is 17.3 Å². The number of aryl methyl sites for hydroxylation is 1. The molecule has 4 rings (SSSR count). The largest absolute Gasteiger partial charge is 0.395 e. The highest BCUT2D eigenvalue weighted by atomic mass is 16.5. The zero-order chi connectivity index (χ0) is 24.1. The molecule has 1 aliphatic heterocycles. The fourth-order valence-electron chi connectivity index (χ4n) is 4.15. The molecule has 0 amide bonds. The summed E-state index contributed by atoms with van der Waals surface area (Å²) >= 11 is 0. The number of anilines is 3. The second kappa shape index (κ2) is 9.88. The Morgan fingerprint density at radius 2 is 2.06 bits per heavy atom. The number of hydrogen-bond acceptors (Lipinski definition) is 8. The third kappa shape index (κ3) is 4.55. The predicted octanol–water partition coefficient (Wildman–Crippen LogP) is 3.89. The zero-order valence-corrected chi connectivity index (χ0v) is 19.2. The lowest BCUT2D eigenvalue weighted by atomic mass is 9.83. The SMILES string of the molecule is COCCCc1ccc(C#N)cc1Nc1nccc(-c2cc(C#N)c3c(c2)C(C)(CO)CN3)n1. The molecule has 34 heavy (non-hydrogen) atoms. The van der Waals surface area contributed by atoms with Gasteiger partial charge in [0.15, 0.2) is 0 Å². The maximum absolute atomic E-state index is 9.96. The summed E-state index contributed by atoms with van der Waals surface area (Å²) in [7, 11) is 1.67. The van der Waals surface area contributed by atoms with E-state index in [0.717, 1.165) is 40.9 Å². The van der Waals surface area contributed by atoms with Crippen molar-refractivity contribution in [3.05, 3.63) is 64.8 Å². The van der Waals surface area contributed by atoms with Gasteiger partial charge < -0.3 is 20.5 Å². The Kier molecular flexibility index (Phi) is 6.74. The zero-order valence-electron chi connectivity index (χ0n) is 19.2. The number of hydrogen-bond donors (Lipinski definition) is 3. The Bertz CT molecular complexity index is 1290. The van der Waals surface area contributed by atoms with Gasteiger partial charge in [-0.2, -0.15) is 10.5 Å². The van der Waals surface area contributed by atoms with Crippen molar-refractivity contribution in [3.63, 3.8) is 0 Å². The fraction of sp³-hybridized carbons (Fsp3) is 0.308. The highest BCUT2D eigenvalue weighted by molar-refractivity contribution is 5.76. The number of aliphatic hydroxyl groups excluding tert-OH is 1. The maximum atomic E-state index is 9.96. The van der Waals surface area contributed by atoms with Gasteiger partial charge in [0.05, 0.1) is 35.2 Å². The molecule has 8 nitrogen and oxygen atoms in total. The van der Waals surface area contributed by atoms with Crippen molar-refractivity contribution in [2.45, 2.75) is 25.2 Å². The first-order valence-electron chi connectivity index (χ1n) is 11.1. The van der Waals surface area contributed by atoms with Crippen LogP contribution in [0.25, 0.3) is 11.3 Å². The average molecular weight is 455 g/mol. The van der Waals surface area contributed by atoms with E-state index in [-0.39, 0.29) is 6.61 Å². The van der Waals surface area contributed by atoms with Crippen molar-refractivity contribution in [2.24, 2.45) is 0 Å². The molecule has 3 N–H and O–H groups in total. The molecule has 1 aromatic heterocycles. The van der Waals surface area contributed by atoms with E-state index >= 15 is 0 Å². The number of aromatic nitrogens is 2.